The Morgan fingerprint density at radius 2 is 2.09 bits per heavy atom. The van der Waals surface area contributed by atoms with Gasteiger partial charge in [-0.05, 0) is 65.8 Å². The molecule has 5 heteroatoms. The summed E-state index contributed by atoms with van der Waals surface area (Å²) in [6.45, 7) is 9.18. The van der Waals surface area contributed by atoms with Gasteiger partial charge in [0.2, 0.25) is 0 Å². The zero-order chi connectivity index (χ0) is 16.0. The molecule has 0 radical (unpaired) electrons. The zero-order valence-electron chi connectivity index (χ0n) is 14.4. The molecule has 2 rings (SSSR count). The fourth-order valence-corrected chi connectivity index (χ4v) is 3.12. The quantitative estimate of drug-likeness (QED) is 0.867. The number of hydrogen-bond donors (Lipinski definition) is 1. The second kappa shape index (κ2) is 8.16. The van der Waals surface area contributed by atoms with Crippen LogP contribution in [0, 0.1) is 0 Å². The third-order valence-corrected chi connectivity index (χ3v) is 4.25. The molecule has 1 N–H and O–H groups in total. The van der Waals surface area contributed by atoms with Crippen LogP contribution >= 0.6 is 0 Å². The van der Waals surface area contributed by atoms with Crippen molar-refractivity contribution in [3.8, 4) is 0 Å². The highest BCUT2D eigenvalue weighted by Crippen LogP contribution is 2.17. The average molecular weight is 312 g/mol. The molecule has 2 atom stereocenters. The maximum atomic E-state index is 12.1. The van der Waals surface area contributed by atoms with Gasteiger partial charge in [-0.2, -0.15) is 0 Å². The van der Waals surface area contributed by atoms with Gasteiger partial charge < -0.3 is 19.7 Å². The van der Waals surface area contributed by atoms with E-state index in [1.165, 1.54) is 19.3 Å². The molecular formula is C17H32N2O3. The SMILES string of the molecule is CC(C)(C)OC(=O)N1CCCC(NCCC2CCCCO2)C1. The number of nitrogens with zero attached hydrogens (tertiary/aromatic N) is 1. The van der Waals surface area contributed by atoms with Crippen LogP contribution in [-0.2, 0) is 9.47 Å². The van der Waals surface area contributed by atoms with Crippen molar-refractivity contribution >= 4 is 6.09 Å². The van der Waals surface area contributed by atoms with Gasteiger partial charge in [0.25, 0.3) is 0 Å². The zero-order valence-corrected chi connectivity index (χ0v) is 14.4. The fraction of sp³-hybridized carbons (Fsp3) is 0.941. The van der Waals surface area contributed by atoms with Gasteiger partial charge in [0.1, 0.15) is 5.60 Å². The lowest BCUT2D eigenvalue weighted by Gasteiger charge is -2.34. The Bertz CT molecular complexity index is 348. The number of carbonyl (C=O) groups excluding carboxylic acids is 1. The van der Waals surface area contributed by atoms with Gasteiger partial charge in [0.15, 0.2) is 0 Å². The minimum absolute atomic E-state index is 0.186. The van der Waals surface area contributed by atoms with E-state index in [9.17, 15) is 4.79 Å². The Balaban J connectivity index is 1.67. The molecule has 1 amide bonds. The van der Waals surface area contributed by atoms with E-state index in [1.54, 1.807) is 0 Å². The maximum absolute atomic E-state index is 12.1. The number of likely N-dealkylation sites (tertiary alicyclic amines) is 1. The van der Waals surface area contributed by atoms with Crippen LogP contribution in [0.2, 0.25) is 0 Å². The number of amides is 1. The van der Waals surface area contributed by atoms with Crippen molar-refractivity contribution in [2.24, 2.45) is 0 Å². The van der Waals surface area contributed by atoms with E-state index in [0.29, 0.717) is 12.1 Å². The molecule has 0 aromatic heterocycles. The van der Waals surface area contributed by atoms with E-state index in [2.05, 4.69) is 5.32 Å². The van der Waals surface area contributed by atoms with Gasteiger partial charge in [0.05, 0.1) is 6.10 Å². The summed E-state index contributed by atoms with van der Waals surface area (Å²) >= 11 is 0. The Labute approximate surface area is 134 Å². The average Bonchev–Trinajstić information content (AvgIpc) is 2.47. The molecule has 0 spiro atoms. The largest absolute Gasteiger partial charge is 0.444 e. The van der Waals surface area contributed by atoms with Crippen LogP contribution in [0.4, 0.5) is 4.79 Å². The molecule has 0 saturated carbocycles. The Hall–Kier alpha value is -0.810. The van der Waals surface area contributed by atoms with E-state index >= 15 is 0 Å². The smallest absolute Gasteiger partial charge is 0.410 e. The van der Waals surface area contributed by atoms with E-state index in [0.717, 1.165) is 45.5 Å². The standard InChI is InChI=1S/C17H32N2O3/c1-17(2,3)22-16(20)19-11-6-7-14(13-19)18-10-9-15-8-4-5-12-21-15/h14-15,18H,4-13H2,1-3H3. The van der Waals surface area contributed by atoms with Crippen LogP contribution in [0.5, 0.6) is 0 Å². The topological polar surface area (TPSA) is 50.8 Å². The molecule has 5 nitrogen and oxygen atoms in total. The molecule has 2 saturated heterocycles. The van der Waals surface area contributed by atoms with Crippen LogP contribution in [0.3, 0.4) is 0 Å². The lowest BCUT2D eigenvalue weighted by Crippen LogP contribution is -2.49. The van der Waals surface area contributed by atoms with Crippen molar-refractivity contribution in [3.63, 3.8) is 0 Å². The number of hydrogen-bond acceptors (Lipinski definition) is 4. The lowest BCUT2D eigenvalue weighted by atomic mass is 10.0. The summed E-state index contributed by atoms with van der Waals surface area (Å²) < 4.78 is 11.2. The number of carbonyl (C=O) groups is 1. The Kier molecular flexibility index (Phi) is 6.50. The molecule has 0 aromatic carbocycles. The summed E-state index contributed by atoms with van der Waals surface area (Å²) in [4.78, 5) is 14.0. The van der Waals surface area contributed by atoms with E-state index in [4.69, 9.17) is 9.47 Å². The summed E-state index contributed by atoms with van der Waals surface area (Å²) in [5, 5.41) is 3.59. The fourth-order valence-electron chi connectivity index (χ4n) is 3.12. The molecule has 2 heterocycles. The van der Waals surface area contributed by atoms with E-state index in [-0.39, 0.29) is 6.09 Å². The minimum Gasteiger partial charge on any atom is -0.444 e. The van der Waals surface area contributed by atoms with Crippen LogP contribution in [-0.4, -0.2) is 55.0 Å². The lowest BCUT2D eigenvalue weighted by molar-refractivity contribution is 0.00896. The monoisotopic (exact) mass is 312 g/mol. The first-order valence-electron chi connectivity index (χ1n) is 8.77. The molecule has 2 aliphatic heterocycles. The normalized spacial score (nSPS) is 26.8. The number of nitrogens with one attached hydrogen (secondary N) is 1. The highest BCUT2D eigenvalue weighted by Gasteiger charge is 2.27. The Morgan fingerprint density at radius 3 is 2.77 bits per heavy atom. The first-order valence-corrected chi connectivity index (χ1v) is 8.77. The van der Waals surface area contributed by atoms with Gasteiger partial charge in [-0.1, -0.05) is 0 Å². The van der Waals surface area contributed by atoms with Crippen molar-refractivity contribution in [2.75, 3.05) is 26.2 Å². The summed E-state index contributed by atoms with van der Waals surface area (Å²) in [5.41, 5.74) is -0.421. The highest BCUT2D eigenvalue weighted by atomic mass is 16.6. The molecule has 0 aliphatic carbocycles. The van der Waals surface area contributed by atoms with Crippen molar-refractivity contribution in [3.05, 3.63) is 0 Å². The molecule has 0 bridgehead atoms. The number of ether oxygens (including phenoxy) is 2. The van der Waals surface area contributed by atoms with Gasteiger partial charge in [-0.15, -0.1) is 0 Å². The van der Waals surface area contributed by atoms with Crippen LogP contribution in [0.25, 0.3) is 0 Å². The summed E-state index contributed by atoms with van der Waals surface area (Å²) in [6.07, 6.45) is 7.17. The molecule has 2 unspecified atom stereocenters. The first-order chi connectivity index (χ1) is 10.4. The van der Waals surface area contributed by atoms with Gasteiger partial charge in [0, 0.05) is 25.7 Å². The van der Waals surface area contributed by atoms with Gasteiger partial charge in [-0.3, -0.25) is 0 Å². The van der Waals surface area contributed by atoms with Crippen molar-refractivity contribution in [2.45, 2.75) is 77.0 Å². The molecule has 22 heavy (non-hydrogen) atoms. The predicted molar refractivity (Wildman–Crippen MR) is 87.0 cm³/mol. The third-order valence-electron chi connectivity index (χ3n) is 4.25. The summed E-state index contributed by atoms with van der Waals surface area (Å²) in [5.74, 6) is 0. The second-order valence-electron chi connectivity index (χ2n) is 7.50. The number of piperidine rings is 1. The van der Waals surface area contributed by atoms with Gasteiger partial charge >= 0.3 is 6.09 Å². The molecule has 0 aromatic rings. The van der Waals surface area contributed by atoms with E-state index in [1.807, 2.05) is 25.7 Å². The van der Waals surface area contributed by atoms with Crippen molar-refractivity contribution in [1.82, 2.24) is 10.2 Å². The summed E-state index contributed by atoms with van der Waals surface area (Å²) in [7, 11) is 0. The van der Waals surface area contributed by atoms with Crippen molar-refractivity contribution < 1.29 is 14.3 Å². The molecule has 128 valence electrons. The summed E-state index contributed by atoms with van der Waals surface area (Å²) in [6, 6.07) is 0.379. The van der Waals surface area contributed by atoms with Crippen molar-refractivity contribution in [1.29, 1.82) is 0 Å². The minimum atomic E-state index is -0.421. The Morgan fingerprint density at radius 1 is 1.27 bits per heavy atom. The van der Waals surface area contributed by atoms with Gasteiger partial charge in [-0.25, -0.2) is 4.79 Å². The van der Waals surface area contributed by atoms with Crippen LogP contribution in [0.15, 0.2) is 0 Å². The second-order valence-corrected chi connectivity index (χ2v) is 7.50. The van der Waals surface area contributed by atoms with Crippen LogP contribution in [0.1, 0.15) is 59.3 Å². The maximum Gasteiger partial charge on any atom is 0.410 e. The first kappa shape index (κ1) is 17.5. The molecular weight excluding hydrogens is 280 g/mol. The molecule has 2 aliphatic rings. The highest BCUT2D eigenvalue weighted by molar-refractivity contribution is 5.68. The predicted octanol–water partition coefficient (Wildman–Crippen LogP) is 2.93. The van der Waals surface area contributed by atoms with Crippen LogP contribution < -0.4 is 5.32 Å². The number of rotatable bonds is 4. The molecule has 2 fully saturated rings. The third kappa shape index (κ3) is 6.13. The van der Waals surface area contributed by atoms with E-state index < -0.39 is 5.60 Å².